The Morgan fingerprint density at radius 2 is 1.98 bits per heavy atom. The van der Waals surface area contributed by atoms with Crippen LogP contribution >= 0.6 is 0 Å². The summed E-state index contributed by atoms with van der Waals surface area (Å²) in [4.78, 5) is 31.6. The number of rotatable bonds is 5. The van der Waals surface area contributed by atoms with Gasteiger partial charge in [-0.25, -0.2) is 9.97 Å². The van der Waals surface area contributed by atoms with Gasteiger partial charge in [0.05, 0.1) is 23.5 Å². The number of fused-ring (bicyclic) bond motifs is 4. The second-order valence-electron chi connectivity index (χ2n) is 12.8. The molecular weight excluding hydrogens is 500 g/mol. The van der Waals surface area contributed by atoms with Crippen molar-refractivity contribution in [3.05, 3.63) is 36.3 Å². The lowest BCUT2D eigenvalue weighted by atomic mass is 9.80. The number of nitrogens with one attached hydrogen (secondary N) is 2. The van der Waals surface area contributed by atoms with E-state index in [0.29, 0.717) is 29.4 Å². The number of hydrogen-bond donors (Lipinski definition) is 2. The molecule has 1 saturated carbocycles. The Hall–Kier alpha value is -3.64. The van der Waals surface area contributed by atoms with Crippen LogP contribution in [0.3, 0.4) is 0 Å². The van der Waals surface area contributed by atoms with Gasteiger partial charge in [0.2, 0.25) is 5.95 Å². The lowest BCUT2D eigenvalue weighted by Crippen LogP contribution is -2.53. The summed E-state index contributed by atoms with van der Waals surface area (Å²) in [6.07, 6.45) is 16.4. The molecule has 9 heteroatoms. The third-order valence-electron chi connectivity index (χ3n) is 8.80. The summed E-state index contributed by atoms with van der Waals surface area (Å²) < 4.78 is 2.19. The van der Waals surface area contributed by atoms with Crippen LogP contribution in [0.5, 0.6) is 0 Å². The first-order valence-electron chi connectivity index (χ1n) is 14.6. The van der Waals surface area contributed by atoms with Gasteiger partial charge >= 0.3 is 0 Å². The van der Waals surface area contributed by atoms with E-state index in [-0.39, 0.29) is 17.5 Å². The van der Waals surface area contributed by atoms with Crippen LogP contribution in [0.2, 0.25) is 0 Å². The minimum atomic E-state index is -0.109. The van der Waals surface area contributed by atoms with E-state index in [1.165, 1.54) is 6.42 Å². The first-order valence-corrected chi connectivity index (χ1v) is 14.6. The summed E-state index contributed by atoms with van der Waals surface area (Å²) in [5, 5.41) is 7.28. The number of pyridine rings is 1. The van der Waals surface area contributed by atoms with Crippen LogP contribution in [0.1, 0.15) is 69.8 Å². The van der Waals surface area contributed by atoms with Crippen LogP contribution < -0.4 is 15.5 Å². The van der Waals surface area contributed by atoms with Gasteiger partial charge in [-0.3, -0.25) is 9.69 Å². The van der Waals surface area contributed by atoms with Crippen molar-refractivity contribution in [3.63, 3.8) is 0 Å². The molecule has 1 saturated heterocycles. The number of hydrogen-bond acceptors (Lipinski definition) is 7. The van der Waals surface area contributed by atoms with E-state index in [9.17, 15) is 4.79 Å². The van der Waals surface area contributed by atoms with Gasteiger partial charge in [0.1, 0.15) is 17.2 Å². The van der Waals surface area contributed by atoms with Crippen LogP contribution in [0.15, 0.2) is 30.6 Å². The van der Waals surface area contributed by atoms with E-state index in [1.807, 2.05) is 18.3 Å². The van der Waals surface area contributed by atoms with Gasteiger partial charge < -0.3 is 20.1 Å². The summed E-state index contributed by atoms with van der Waals surface area (Å²) in [5.74, 6) is 4.12. The zero-order valence-electron chi connectivity index (χ0n) is 23.9. The van der Waals surface area contributed by atoms with Gasteiger partial charge in [-0.2, -0.15) is 4.98 Å². The second kappa shape index (κ2) is 10.4. The smallest absolute Gasteiger partial charge is 0.268 e. The molecule has 40 heavy (non-hydrogen) atoms. The predicted octanol–water partition coefficient (Wildman–Crippen LogP) is 4.53. The quantitative estimate of drug-likeness (QED) is 0.460. The van der Waals surface area contributed by atoms with Crippen molar-refractivity contribution in [2.24, 2.45) is 5.41 Å². The first-order chi connectivity index (χ1) is 19.2. The van der Waals surface area contributed by atoms with Gasteiger partial charge in [0.25, 0.3) is 5.91 Å². The molecule has 210 valence electrons. The first kappa shape index (κ1) is 26.6. The predicted molar refractivity (Wildman–Crippen MR) is 159 cm³/mol. The molecule has 1 unspecified atom stereocenters. The van der Waals surface area contributed by atoms with Crippen molar-refractivity contribution < 1.29 is 4.79 Å². The number of nitrogens with zero attached hydrogens (tertiary/aromatic N) is 6. The molecule has 1 spiro atoms. The molecule has 1 amide bonds. The van der Waals surface area contributed by atoms with E-state index in [4.69, 9.17) is 11.4 Å². The highest BCUT2D eigenvalue weighted by Gasteiger charge is 2.41. The lowest BCUT2D eigenvalue weighted by molar-refractivity contribution is 0.0833. The van der Waals surface area contributed by atoms with Crippen LogP contribution in [0.25, 0.3) is 11.0 Å². The minimum absolute atomic E-state index is 0.0388. The summed E-state index contributed by atoms with van der Waals surface area (Å²) in [7, 11) is 0. The standard InChI is InChI=1S/C31H40N8O/c1-5-23-20-38(16-15-37(23)14-13-30(2,3)4)24-9-10-26(32-19-24)35-29-33-18-22-17-25-28(40)34-21-31(11-7-6-8-12-31)39(25)27(22)36-29/h1,9-10,17-19,23H,6-8,11-16,20-21H2,2-4H3,(H,34,40)(H,32,33,35,36). The molecule has 3 aromatic heterocycles. The number of terminal acetylenes is 1. The number of amides is 1. The molecule has 2 fully saturated rings. The molecular formula is C31H40N8O. The maximum Gasteiger partial charge on any atom is 0.268 e. The molecule has 9 nitrogen and oxygen atoms in total. The zero-order valence-corrected chi connectivity index (χ0v) is 23.9. The van der Waals surface area contributed by atoms with E-state index in [2.05, 4.69) is 67.7 Å². The molecule has 3 aliphatic rings. The normalized spacial score (nSPS) is 21.2. The van der Waals surface area contributed by atoms with E-state index in [0.717, 1.165) is 75.0 Å². The van der Waals surface area contributed by atoms with Gasteiger partial charge in [-0.15, -0.1) is 6.42 Å². The largest absolute Gasteiger partial charge is 0.366 e. The molecule has 1 aliphatic carbocycles. The van der Waals surface area contributed by atoms with Crippen molar-refractivity contribution in [3.8, 4) is 12.3 Å². The highest BCUT2D eigenvalue weighted by molar-refractivity contribution is 5.99. The van der Waals surface area contributed by atoms with Gasteiger partial charge in [0, 0.05) is 37.8 Å². The lowest BCUT2D eigenvalue weighted by Gasteiger charge is -2.42. The maximum absolute atomic E-state index is 12.7. The molecule has 5 heterocycles. The molecule has 6 rings (SSSR count). The van der Waals surface area contributed by atoms with Gasteiger partial charge in [-0.1, -0.05) is 46.0 Å². The molecule has 1 atom stereocenters. The molecule has 2 aliphatic heterocycles. The van der Waals surface area contributed by atoms with Crippen molar-refractivity contribution >= 4 is 34.4 Å². The molecule has 2 N–H and O–H groups in total. The fourth-order valence-electron chi connectivity index (χ4n) is 6.44. The summed E-state index contributed by atoms with van der Waals surface area (Å²) in [5.41, 5.74) is 2.74. The molecule has 0 aromatic carbocycles. The summed E-state index contributed by atoms with van der Waals surface area (Å²) >= 11 is 0. The Labute approximate surface area is 236 Å². The third-order valence-corrected chi connectivity index (χ3v) is 8.80. The van der Waals surface area contributed by atoms with Crippen LogP contribution in [0.4, 0.5) is 17.5 Å². The Kier molecular flexibility index (Phi) is 6.91. The van der Waals surface area contributed by atoms with Crippen molar-refractivity contribution in [2.75, 3.05) is 42.9 Å². The molecule has 3 aromatic rings. The van der Waals surface area contributed by atoms with E-state index in [1.54, 1.807) is 6.20 Å². The van der Waals surface area contributed by atoms with E-state index >= 15 is 0 Å². The SMILES string of the molecule is C#CC1CN(c2ccc(Nc3ncc4cc5n(c4n3)C3(CCCCC3)CNC5=O)nc2)CCN1CCC(C)(C)C. The highest BCUT2D eigenvalue weighted by atomic mass is 16.2. The number of aromatic nitrogens is 4. The highest BCUT2D eigenvalue weighted by Crippen LogP contribution is 2.40. The van der Waals surface area contributed by atoms with Crippen molar-refractivity contribution in [1.29, 1.82) is 0 Å². The van der Waals surface area contributed by atoms with Crippen LogP contribution in [-0.2, 0) is 5.54 Å². The Morgan fingerprint density at radius 3 is 2.70 bits per heavy atom. The second-order valence-corrected chi connectivity index (χ2v) is 12.8. The third kappa shape index (κ3) is 5.13. The number of anilines is 3. The summed E-state index contributed by atoms with van der Waals surface area (Å²) in [6, 6.07) is 6.05. The average Bonchev–Trinajstić information content (AvgIpc) is 3.35. The topological polar surface area (TPSA) is 91.2 Å². The van der Waals surface area contributed by atoms with Crippen molar-refractivity contribution in [1.82, 2.24) is 29.7 Å². The average molecular weight is 541 g/mol. The Balaban J connectivity index is 1.18. The zero-order chi connectivity index (χ0) is 27.9. The number of carbonyl (C=O) groups is 1. The summed E-state index contributed by atoms with van der Waals surface area (Å²) in [6.45, 7) is 11.2. The van der Waals surface area contributed by atoms with Crippen molar-refractivity contribution in [2.45, 2.75) is 70.9 Å². The molecule has 0 bridgehead atoms. The molecule has 0 radical (unpaired) electrons. The van der Waals surface area contributed by atoms with E-state index < -0.39 is 0 Å². The monoisotopic (exact) mass is 540 g/mol. The minimum Gasteiger partial charge on any atom is -0.366 e. The Morgan fingerprint density at radius 1 is 1.15 bits per heavy atom. The fraction of sp³-hybridized carbons (Fsp3) is 0.548. The number of piperazine rings is 1. The maximum atomic E-state index is 12.7. The van der Waals surface area contributed by atoms with Gasteiger partial charge in [-0.05, 0) is 49.4 Å². The van der Waals surface area contributed by atoms with Gasteiger partial charge in [0.15, 0.2) is 0 Å². The van der Waals surface area contributed by atoms with Crippen LogP contribution in [-0.4, -0.2) is 69.1 Å². The Bertz CT molecular complexity index is 1420. The number of carbonyl (C=O) groups excluding carboxylic acids is 1. The fourth-order valence-corrected chi connectivity index (χ4v) is 6.44. The van der Waals surface area contributed by atoms with Crippen LogP contribution in [0, 0.1) is 17.8 Å².